The Morgan fingerprint density at radius 2 is 2.08 bits per heavy atom. The van der Waals surface area contributed by atoms with Gasteiger partial charge in [0.2, 0.25) is 0 Å². The number of hydrogen-bond donors (Lipinski definition) is 1. The van der Waals surface area contributed by atoms with E-state index in [1.54, 1.807) is 19.1 Å². The fraction of sp³-hybridized carbons (Fsp3) is 0.222. The summed E-state index contributed by atoms with van der Waals surface area (Å²) in [5.41, 5.74) is 1.43. The normalized spacial score (nSPS) is 9.92. The lowest BCUT2D eigenvalue weighted by Crippen LogP contribution is -1.95. The molecule has 3 heteroatoms. The van der Waals surface area contributed by atoms with Crippen LogP contribution in [0.3, 0.4) is 0 Å². The van der Waals surface area contributed by atoms with Crippen LogP contribution in [0.1, 0.15) is 22.8 Å². The molecule has 0 aromatic heterocycles. The van der Waals surface area contributed by atoms with Crippen LogP contribution in [0, 0.1) is 6.92 Å². The summed E-state index contributed by atoms with van der Waals surface area (Å²) in [5, 5.41) is 9.25. The van der Waals surface area contributed by atoms with Crippen molar-refractivity contribution in [3.8, 4) is 5.75 Å². The number of Topliss-reactive ketones (excluding diaryl/α,β-unsaturated/α-hetero) is 1. The van der Waals surface area contributed by atoms with Crippen molar-refractivity contribution in [3.63, 3.8) is 0 Å². The number of carbonyl (C=O) groups excluding carboxylic acids is 1. The highest BCUT2D eigenvalue weighted by Gasteiger charge is 2.07. The van der Waals surface area contributed by atoms with Crippen molar-refractivity contribution < 1.29 is 9.90 Å². The van der Waals surface area contributed by atoms with Gasteiger partial charge in [0, 0.05) is 5.56 Å². The molecule has 0 saturated heterocycles. The molecule has 0 bridgehead atoms. The summed E-state index contributed by atoms with van der Waals surface area (Å²) in [6.07, 6.45) is 0. The summed E-state index contributed by atoms with van der Waals surface area (Å²) in [5.74, 6) is 0.172. The van der Waals surface area contributed by atoms with Gasteiger partial charge in [0.05, 0.1) is 4.47 Å². The van der Waals surface area contributed by atoms with E-state index >= 15 is 0 Å². The van der Waals surface area contributed by atoms with E-state index in [0.717, 1.165) is 5.56 Å². The van der Waals surface area contributed by atoms with Gasteiger partial charge in [-0.05, 0) is 47.5 Å². The highest BCUT2D eigenvalue weighted by Crippen LogP contribution is 2.27. The molecule has 0 heterocycles. The van der Waals surface area contributed by atoms with Gasteiger partial charge in [0.25, 0.3) is 0 Å². The van der Waals surface area contributed by atoms with Crippen molar-refractivity contribution in [2.75, 3.05) is 0 Å². The van der Waals surface area contributed by atoms with E-state index in [-0.39, 0.29) is 11.5 Å². The first kappa shape index (κ1) is 9.26. The predicted octanol–water partition coefficient (Wildman–Crippen LogP) is 2.67. The topological polar surface area (TPSA) is 37.3 Å². The minimum Gasteiger partial charge on any atom is -0.507 e. The molecule has 0 radical (unpaired) electrons. The molecule has 12 heavy (non-hydrogen) atoms. The lowest BCUT2D eigenvalue weighted by Gasteiger charge is -2.03. The number of benzene rings is 1. The Morgan fingerprint density at radius 1 is 1.50 bits per heavy atom. The summed E-state index contributed by atoms with van der Waals surface area (Å²) in [7, 11) is 0. The Balaban J connectivity index is 3.33. The van der Waals surface area contributed by atoms with Crippen LogP contribution in [-0.2, 0) is 0 Å². The number of halogens is 1. The third-order valence-electron chi connectivity index (χ3n) is 1.67. The molecular weight excluding hydrogens is 220 g/mol. The smallest absolute Gasteiger partial charge is 0.160 e. The number of aryl methyl sites for hydroxylation is 1. The number of rotatable bonds is 1. The summed E-state index contributed by atoms with van der Waals surface area (Å²) in [4.78, 5) is 11.0. The Bertz CT molecular complexity index is 332. The summed E-state index contributed by atoms with van der Waals surface area (Å²) < 4.78 is 0.554. The molecule has 64 valence electrons. The third kappa shape index (κ3) is 1.67. The maximum absolute atomic E-state index is 11.0. The average molecular weight is 229 g/mol. The van der Waals surface area contributed by atoms with E-state index in [4.69, 9.17) is 0 Å². The fourth-order valence-electron chi connectivity index (χ4n) is 1.05. The van der Waals surface area contributed by atoms with Crippen molar-refractivity contribution >= 4 is 21.7 Å². The Morgan fingerprint density at radius 3 is 2.58 bits per heavy atom. The van der Waals surface area contributed by atoms with Crippen LogP contribution in [0.2, 0.25) is 0 Å². The van der Waals surface area contributed by atoms with Crippen LogP contribution in [0.15, 0.2) is 16.6 Å². The number of phenolic OH excluding ortho intramolecular Hbond substituents is 1. The largest absolute Gasteiger partial charge is 0.507 e. The van der Waals surface area contributed by atoms with Gasteiger partial charge in [-0.2, -0.15) is 0 Å². The Hall–Kier alpha value is -0.830. The van der Waals surface area contributed by atoms with Gasteiger partial charge in [-0.3, -0.25) is 4.79 Å². The van der Waals surface area contributed by atoms with E-state index in [1.165, 1.54) is 6.92 Å². The van der Waals surface area contributed by atoms with Crippen molar-refractivity contribution in [1.82, 2.24) is 0 Å². The maximum Gasteiger partial charge on any atom is 0.160 e. The Kier molecular flexibility index (Phi) is 2.52. The maximum atomic E-state index is 11.0. The van der Waals surface area contributed by atoms with Gasteiger partial charge in [-0.25, -0.2) is 0 Å². The Labute approximate surface area is 79.3 Å². The van der Waals surface area contributed by atoms with E-state index in [2.05, 4.69) is 15.9 Å². The van der Waals surface area contributed by atoms with Gasteiger partial charge < -0.3 is 5.11 Å². The van der Waals surface area contributed by atoms with Crippen LogP contribution in [0.25, 0.3) is 0 Å². The monoisotopic (exact) mass is 228 g/mol. The zero-order valence-corrected chi connectivity index (χ0v) is 8.47. The van der Waals surface area contributed by atoms with E-state index in [1.807, 2.05) is 0 Å². The average Bonchev–Trinajstić information content (AvgIpc) is 1.96. The second-order valence-corrected chi connectivity index (χ2v) is 3.53. The minimum atomic E-state index is 0.00759. The number of phenols is 1. The quantitative estimate of drug-likeness (QED) is 0.751. The van der Waals surface area contributed by atoms with Crippen LogP contribution in [0.5, 0.6) is 5.75 Å². The first-order chi connectivity index (χ1) is 5.52. The number of hydrogen-bond acceptors (Lipinski definition) is 2. The second-order valence-electron chi connectivity index (χ2n) is 2.67. The van der Waals surface area contributed by atoms with E-state index in [9.17, 15) is 9.90 Å². The fourth-order valence-corrected chi connectivity index (χ4v) is 1.39. The molecule has 0 aliphatic rings. The molecule has 2 nitrogen and oxygen atoms in total. The SMILES string of the molecule is CC(=O)c1cc(Br)c(O)cc1C. The molecule has 0 unspecified atom stereocenters. The molecule has 1 aromatic rings. The first-order valence-electron chi connectivity index (χ1n) is 3.52. The summed E-state index contributed by atoms with van der Waals surface area (Å²) in [6.45, 7) is 3.30. The van der Waals surface area contributed by atoms with Gasteiger partial charge in [-0.1, -0.05) is 0 Å². The van der Waals surface area contributed by atoms with E-state index in [0.29, 0.717) is 10.0 Å². The standard InChI is InChI=1S/C9H9BrO2/c1-5-3-9(12)8(10)4-7(5)6(2)11/h3-4,12H,1-2H3. The minimum absolute atomic E-state index is 0.00759. The van der Waals surface area contributed by atoms with Gasteiger partial charge in [0.1, 0.15) is 5.75 Å². The van der Waals surface area contributed by atoms with Crippen molar-refractivity contribution in [2.45, 2.75) is 13.8 Å². The molecule has 0 saturated carbocycles. The highest BCUT2D eigenvalue weighted by molar-refractivity contribution is 9.10. The van der Waals surface area contributed by atoms with Crippen molar-refractivity contribution in [2.24, 2.45) is 0 Å². The van der Waals surface area contributed by atoms with Crippen LogP contribution >= 0.6 is 15.9 Å². The zero-order valence-electron chi connectivity index (χ0n) is 6.89. The lowest BCUT2D eigenvalue weighted by atomic mass is 10.1. The first-order valence-corrected chi connectivity index (χ1v) is 4.31. The molecule has 0 atom stereocenters. The molecule has 0 amide bonds. The van der Waals surface area contributed by atoms with Gasteiger partial charge >= 0.3 is 0 Å². The molecule has 0 aliphatic carbocycles. The molecule has 0 spiro atoms. The molecule has 0 aliphatic heterocycles. The summed E-state index contributed by atoms with van der Waals surface area (Å²) >= 11 is 3.15. The summed E-state index contributed by atoms with van der Waals surface area (Å²) in [6, 6.07) is 3.20. The van der Waals surface area contributed by atoms with E-state index < -0.39 is 0 Å². The van der Waals surface area contributed by atoms with Gasteiger partial charge in [0.15, 0.2) is 5.78 Å². The lowest BCUT2D eigenvalue weighted by molar-refractivity contribution is 0.101. The second kappa shape index (κ2) is 3.27. The third-order valence-corrected chi connectivity index (χ3v) is 2.31. The zero-order chi connectivity index (χ0) is 9.30. The molecule has 1 aromatic carbocycles. The number of ketones is 1. The van der Waals surface area contributed by atoms with Crippen LogP contribution < -0.4 is 0 Å². The number of aromatic hydroxyl groups is 1. The van der Waals surface area contributed by atoms with Crippen molar-refractivity contribution in [1.29, 1.82) is 0 Å². The predicted molar refractivity (Wildman–Crippen MR) is 50.5 cm³/mol. The van der Waals surface area contributed by atoms with Crippen LogP contribution in [0.4, 0.5) is 0 Å². The highest BCUT2D eigenvalue weighted by atomic mass is 79.9. The van der Waals surface area contributed by atoms with Crippen LogP contribution in [-0.4, -0.2) is 10.9 Å². The van der Waals surface area contributed by atoms with Gasteiger partial charge in [-0.15, -0.1) is 0 Å². The molecule has 0 fully saturated rings. The van der Waals surface area contributed by atoms with Crippen molar-refractivity contribution in [3.05, 3.63) is 27.7 Å². The number of carbonyl (C=O) groups is 1. The molecular formula is C9H9BrO2. The molecule has 1 N–H and O–H groups in total. The molecule has 1 rings (SSSR count).